The van der Waals surface area contributed by atoms with Gasteiger partial charge in [-0.25, -0.2) is 9.59 Å². The Morgan fingerprint density at radius 2 is 2.00 bits per heavy atom. The van der Waals surface area contributed by atoms with Crippen molar-refractivity contribution in [3.63, 3.8) is 0 Å². The van der Waals surface area contributed by atoms with Gasteiger partial charge in [-0.2, -0.15) is 4.57 Å². The van der Waals surface area contributed by atoms with Crippen molar-refractivity contribution in [2.45, 2.75) is 0 Å². The van der Waals surface area contributed by atoms with Crippen LogP contribution in [-0.2, 0) is 0 Å². The molecule has 3 rings (SSSR count). The number of para-hydroxylation sites is 1. The summed E-state index contributed by atoms with van der Waals surface area (Å²) < 4.78 is 6.73. The van der Waals surface area contributed by atoms with E-state index in [1.807, 2.05) is 0 Å². The van der Waals surface area contributed by atoms with Crippen LogP contribution in [-0.4, -0.2) is 10.6 Å². The van der Waals surface area contributed by atoms with Crippen molar-refractivity contribution in [1.29, 1.82) is 0 Å². The van der Waals surface area contributed by atoms with Crippen molar-refractivity contribution < 1.29 is 9.21 Å². The van der Waals surface area contributed by atoms with Crippen molar-refractivity contribution in [2.75, 3.05) is 5.32 Å². The van der Waals surface area contributed by atoms with Gasteiger partial charge in [0.25, 0.3) is 0 Å². The number of nitrogens with zero attached hydrogens (tertiary/aromatic N) is 1. The zero-order valence-electron chi connectivity index (χ0n) is 10.5. The van der Waals surface area contributed by atoms with Gasteiger partial charge in [-0.05, 0) is 30.3 Å². The molecule has 1 amide bonds. The molecule has 0 bridgehead atoms. The number of oxazole rings is 1. The summed E-state index contributed by atoms with van der Waals surface area (Å²) in [6.07, 6.45) is 0. The number of amides is 1. The quantitative estimate of drug-likeness (QED) is 0.704. The minimum absolute atomic E-state index is 0.323. The van der Waals surface area contributed by atoms with Gasteiger partial charge in [0.05, 0.1) is 16.2 Å². The summed E-state index contributed by atoms with van der Waals surface area (Å²) >= 11 is 9.25. The smallest absolute Gasteiger partial charge is 0.407 e. The SMILES string of the molecule is O=C(Nc1ccccc1Cl)n1c(=O)oc2cc(Br)ccc21. The van der Waals surface area contributed by atoms with Crippen LogP contribution in [0.3, 0.4) is 0 Å². The number of carbonyl (C=O) groups excluding carboxylic acids is 1. The molecule has 0 radical (unpaired) electrons. The Hall–Kier alpha value is -2.05. The van der Waals surface area contributed by atoms with Gasteiger partial charge in [0.2, 0.25) is 0 Å². The molecular weight excluding hydrogens is 360 g/mol. The molecule has 2 aromatic carbocycles. The third-order valence-corrected chi connectivity index (χ3v) is 3.68. The molecule has 1 N–H and O–H groups in total. The first-order chi connectivity index (χ1) is 10.1. The second kappa shape index (κ2) is 5.38. The summed E-state index contributed by atoms with van der Waals surface area (Å²) in [6.45, 7) is 0. The molecule has 0 atom stereocenters. The maximum Gasteiger partial charge on any atom is 0.428 e. The summed E-state index contributed by atoms with van der Waals surface area (Å²) in [4.78, 5) is 24.1. The second-order valence-electron chi connectivity index (χ2n) is 4.23. The molecule has 21 heavy (non-hydrogen) atoms. The standard InChI is InChI=1S/C14H8BrClN2O3/c15-8-5-6-11-12(7-8)21-14(20)18(11)13(19)17-10-4-2-1-3-9(10)16/h1-7H,(H,17,19). The average Bonchev–Trinajstić information content (AvgIpc) is 2.76. The Labute approximate surface area is 132 Å². The monoisotopic (exact) mass is 366 g/mol. The van der Waals surface area contributed by atoms with E-state index in [0.29, 0.717) is 21.8 Å². The van der Waals surface area contributed by atoms with Crippen LogP contribution in [0, 0.1) is 0 Å². The van der Waals surface area contributed by atoms with E-state index in [0.717, 1.165) is 9.04 Å². The molecule has 0 unspecified atom stereocenters. The van der Waals surface area contributed by atoms with Gasteiger partial charge in [0.15, 0.2) is 5.58 Å². The third-order valence-electron chi connectivity index (χ3n) is 2.86. The highest BCUT2D eigenvalue weighted by Crippen LogP contribution is 2.22. The van der Waals surface area contributed by atoms with Crippen molar-refractivity contribution in [2.24, 2.45) is 0 Å². The number of nitrogens with one attached hydrogen (secondary N) is 1. The number of carbonyl (C=O) groups is 1. The van der Waals surface area contributed by atoms with Gasteiger partial charge in [-0.15, -0.1) is 0 Å². The van der Waals surface area contributed by atoms with Crippen LogP contribution in [0.4, 0.5) is 10.5 Å². The maximum atomic E-state index is 12.3. The average molecular weight is 368 g/mol. The first kappa shape index (κ1) is 13.9. The zero-order chi connectivity index (χ0) is 15.0. The number of hydrogen-bond acceptors (Lipinski definition) is 3. The molecular formula is C14H8BrClN2O3. The fourth-order valence-electron chi connectivity index (χ4n) is 1.92. The number of aromatic nitrogens is 1. The van der Waals surface area contributed by atoms with E-state index >= 15 is 0 Å². The summed E-state index contributed by atoms with van der Waals surface area (Å²) in [7, 11) is 0. The summed E-state index contributed by atoms with van der Waals surface area (Å²) in [5, 5.41) is 2.96. The topological polar surface area (TPSA) is 64.2 Å². The fraction of sp³-hybridized carbons (Fsp3) is 0. The first-order valence-corrected chi connectivity index (χ1v) is 7.10. The normalized spacial score (nSPS) is 10.8. The van der Waals surface area contributed by atoms with Gasteiger partial charge in [-0.1, -0.05) is 39.7 Å². The number of fused-ring (bicyclic) bond motifs is 1. The molecule has 106 valence electrons. The Morgan fingerprint density at radius 3 is 2.76 bits per heavy atom. The van der Waals surface area contributed by atoms with Crippen LogP contribution >= 0.6 is 27.5 Å². The number of halogens is 2. The predicted octanol–water partition coefficient (Wildman–Crippen LogP) is 4.09. The van der Waals surface area contributed by atoms with Crippen LogP contribution < -0.4 is 11.1 Å². The summed E-state index contributed by atoms with van der Waals surface area (Å²) in [5.74, 6) is -0.757. The van der Waals surface area contributed by atoms with Crippen LogP contribution in [0.2, 0.25) is 5.02 Å². The molecule has 1 heterocycles. The van der Waals surface area contributed by atoms with E-state index in [9.17, 15) is 9.59 Å². The third kappa shape index (κ3) is 2.59. The second-order valence-corrected chi connectivity index (χ2v) is 5.55. The lowest BCUT2D eigenvalue weighted by Gasteiger charge is -2.06. The lowest BCUT2D eigenvalue weighted by Crippen LogP contribution is -2.27. The Kier molecular flexibility index (Phi) is 3.57. The predicted molar refractivity (Wildman–Crippen MR) is 84.0 cm³/mol. The largest absolute Gasteiger partial charge is 0.428 e. The van der Waals surface area contributed by atoms with Crippen LogP contribution in [0.25, 0.3) is 11.1 Å². The molecule has 5 nitrogen and oxygen atoms in total. The minimum Gasteiger partial charge on any atom is -0.407 e. The highest BCUT2D eigenvalue weighted by atomic mass is 79.9. The lowest BCUT2D eigenvalue weighted by atomic mass is 10.3. The van der Waals surface area contributed by atoms with Crippen LogP contribution in [0.1, 0.15) is 0 Å². The molecule has 0 saturated heterocycles. The molecule has 0 aliphatic heterocycles. The molecule has 0 saturated carbocycles. The first-order valence-electron chi connectivity index (χ1n) is 5.93. The van der Waals surface area contributed by atoms with Gasteiger partial charge < -0.3 is 9.73 Å². The number of benzene rings is 2. The maximum absolute atomic E-state index is 12.3. The van der Waals surface area contributed by atoms with Gasteiger partial charge in [0, 0.05) is 4.47 Å². The molecule has 1 aromatic heterocycles. The van der Waals surface area contributed by atoms with Gasteiger partial charge >= 0.3 is 11.8 Å². The minimum atomic E-state index is -0.757. The van der Waals surface area contributed by atoms with Crippen LogP contribution in [0.15, 0.2) is 56.1 Å². The Morgan fingerprint density at radius 1 is 1.24 bits per heavy atom. The molecule has 0 aliphatic rings. The lowest BCUT2D eigenvalue weighted by molar-refractivity contribution is 0.252. The number of anilines is 1. The molecule has 0 spiro atoms. The van der Waals surface area contributed by atoms with E-state index in [-0.39, 0.29) is 0 Å². The van der Waals surface area contributed by atoms with Crippen molar-refractivity contribution in [3.8, 4) is 0 Å². The van der Waals surface area contributed by atoms with E-state index in [1.165, 1.54) is 0 Å². The van der Waals surface area contributed by atoms with E-state index in [2.05, 4.69) is 21.2 Å². The van der Waals surface area contributed by atoms with Crippen LogP contribution in [0.5, 0.6) is 0 Å². The van der Waals surface area contributed by atoms with Crippen molar-refractivity contribution in [3.05, 3.63) is 62.5 Å². The molecule has 7 heteroatoms. The Balaban J connectivity index is 2.04. The van der Waals surface area contributed by atoms with E-state index in [1.54, 1.807) is 42.5 Å². The molecule has 3 aromatic rings. The van der Waals surface area contributed by atoms with Gasteiger partial charge in [0.1, 0.15) is 0 Å². The molecule has 0 aliphatic carbocycles. The highest BCUT2D eigenvalue weighted by molar-refractivity contribution is 9.10. The zero-order valence-corrected chi connectivity index (χ0v) is 12.8. The van der Waals surface area contributed by atoms with E-state index < -0.39 is 11.8 Å². The van der Waals surface area contributed by atoms with Crippen molar-refractivity contribution >= 4 is 50.3 Å². The number of hydrogen-bond donors (Lipinski definition) is 1. The van der Waals surface area contributed by atoms with Gasteiger partial charge in [-0.3, -0.25) is 0 Å². The van der Waals surface area contributed by atoms with Crippen molar-refractivity contribution in [1.82, 2.24) is 4.57 Å². The Bertz CT molecular complexity index is 901. The van der Waals surface area contributed by atoms with E-state index in [4.69, 9.17) is 16.0 Å². The number of rotatable bonds is 1. The highest BCUT2D eigenvalue weighted by Gasteiger charge is 2.17. The summed E-state index contributed by atoms with van der Waals surface area (Å²) in [5.41, 5.74) is 1.12. The summed E-state index contributed by atoms with van der Waals surface area (Å²) in [6, 6.07) is 11.1. The molecule has 0 fully saturated rings. The fourth-order valence-corrected chi connectivity index (χ4v) is 2.44.